The summed E-state index contributed by atoms with van der Waals surface area (Å²) < 4.78 is 6.32. The Labute approximate surface area is 155 Å². The molecule has 0 fully saturated rings. The largest absolute Gasteiger partial charge is 0.403 e. The summed E-state index contributed by atoms with van der Waals surface area (Å²) in [6, 6.07) is 13.1. The van der Waals surface area contributed by atoms with E-state index in [9.17, 15) is 14.9 Å². The van der Waals surface area contributed by atoms with E-state index in [0.29, 0.717) is 5.56 Å². The first-order valence-corrected chi connectivity index (χ1v) is 8.13. The maximum atomic E-state index is 11.9. The second kappa shape index (κ2) is 7.70. The van der Waals surface area contributed by atoms with Gasteiger partial charge in [-0.2, -0.15) is 0 Å². The number of rotatable bonds is 5. The number of hydrogen-bond donors (Lipinski definition) is 1. The second-order valence-corrected chi connectivity index (χ2v) is 6.01. The van der Waals surface area contributed by atoms with E-state index in [1.807, 2.05) is 12.1 Å². The second-order valence-electron chi connectivity index (χ2n) is 5.09. The first kappa shape index (κ1) is 17.5. The van der Waals surface area contributed by atoms with Gasteiger partial charge in [0, 0.05) is 28.2 Å². The van der Waals surface area contributed by atoms with Gasteiger partial charge in [0.25, 0.3) is 11.6 Å². The smallest absolute Gasteiger partial charge is 0.322 e. The molecule has 3 aromatic rings. The highest BCUT2D eigenvalue weighted by Crippen LogP contribution is 2.22. The van der Waals surface area contributed by atoms with Gasteiger partial charge in [-0.05, 0) is 48.0 Å². The summed E-state index contributed by atoms with van der Waals surface area (Å²) in [5.74, 6) is -0.179. The van der Waals surface area contributed by atoms with Gasteiger partial charge in [0.05, 0.1) is 4.92 Å². The van der Waals surface area contributed by atoms with Crippen molar-refractivity contribution in [2.75, 3.05) is 5.32 Å². The molecule has 9 heteroatoms. The average Bonchev–Trinajstić information content (AvgIpc) is 3.09. The predicted molar refractivity (Wildman–Crippen MR) is 98.2 cm³/mol. The van der Waals surface area contributed by atoms with Crippen LogP contribution in [0.3, 0.4) is 0 Å². The van der Waals surface area contributed by atoms with Crippen LogP contribution in [0.2, 0.25) is 0 Å². The van der Waals surface area contributed by atoms with Crippen molar-refractivity contribution >= 4 is 39.6 Å². The molecule has 0 bridgehead atoms. The molecular weight excluding hydrogens is 404 g/mol. The van der Waals surface area contributed by atoms with E-state index in [0.717, 1.165) is 10.0 Å². The highest BCUT2D eigenvalue weighted by atomic mass is 79.9. The number of hydrogen-bond acceptors (Lipinski definition) is 6. The molecule has 26 heavy (non-hydrogen) atoms. The number of nitro groups is 1. The van der Waals surface area contributed by atoms with Gasteiger partial charge >= 0.3 is 6.01 Å². The third kappa shape index (κ3) is 4.39. The van der Waals surface area contributed by atoms with E-state index in [1.54, 1.807) is 24.3 Å². The third-order valence-electron chi connectivity index (χ3n) is 3.28. The number of nitrogens with zero attached hydrogens (tertiary/aromatic N) is 3. The highest BCUT2D eigenvalue weighted by Gasteiger charge is 2.10. The zero-order valence-electron chi connectivity index (χ0n) is 13.1. The Morgan fingerprint density at radius 2 is 1.81 bits per heavy atom. The summed E-state index contributed by atoms with van der Waals surface area (Å²) >= 11 is 3.34. The minimum Gasteiger partial charge on any atom is -0.403 e. The van der Waals surface area contributed by atoms with E-state index in [1.165, 1.54) is 24.3 Å². The lowest BCUT2D eigenvalue weighted by Gasteiger charge is -1.96. The van der Waals surface area contributed by atoms with E-state index in [4.69, 9.17) is 4.42 Å². The molecule has 1 amide bonds. The maximum Gasteiger partial charge on any atom is 0.322 e. The van der Waals surface area contributed by atoms with Crippen LogP contribution in [0.4, 0.5) is 11.7 Å². The van der Waals surface area contributed by atoms with Crippen LogP contribution in [0.5, 0.6) is 0 Å². The Balaban J connectivity index is 1.63. The molecule has 130 valence electrons. The summed E-state index contributed by atoms with van der Waals surface area (Å²) in [6.07, 6.45) is 2.79. The molecule has 8 nitrogen and oxygen atoms in total. The number of benzene rings is 2. The monoisotopic (exact) mass is 414 g/mol. The summed E-state index contributed by atoms with van der Waals surface area (Å²) in [5, 5.41) is 20.7. The summed E-state index contributed by atoms with van der Waals surface area (Å²) in [4.78, 5) is 22.0. The molecule has 0 radical (unpaired) electrons. The number of halogens is 1. The van der Waals surface area contributed by atoms with Crippen molar-refractivity contribution in [2.24, 2.45) is 0 Å². The molecule has 0 aliphatic heterocycles. The zero-order chi connectivity index (χ0) is 18.5. The predicted octanol–water partition coefficient (Wildman–Crippen LogP) is 4.06. The molecule has 0 saturated carbocycles. The van der Waals surface area contributed by atoms with E-state index in [2.05, 4.69) is 31.4 Å². The van der Waals surface area contributed by atoms with Crippen molar-refractivity contribution in [3.05, 3.63) is 74.8 Å². The minimum atomic E-state index is -0.487. The van der Waals surface area contributed by atoms with Gasteiger partial charge < -0.3 is 4.42 Å². The fourth-order valence-electron chi connectivity index (χ4n) is 2.01. The Hall–Kier alpha value is -3.33. The topological polar surface area (TPSA) is 111 Å². The Kier molecular flexibility index (Phi) is 5.18. The van der Waals surface area contributed by atoms with Crippen molar-refractivity contribution in [2.45, 2.75) is 0 Å². The van der Waals surface area contributed by atoms with Crippen LogP contribution >= 0.6 is 15.9 Å². The molecule has 2 aromatic carbocycles. The number of carbonyl (C=O) groups is 1. The molecule has 0 aliphatic rings. The molecule has 0 aliphatic carbocycles. The van der Waals surface area contributed by atoms with Gasteiger partial charge in [0.15, 0.2) is 0 Å². The van der Waals surface area contributed by atoms with Crippen LogP contribution < -0.4 is 5.32 Å². The summed E-state index contributed by atoms with van der Waals surface area (Å²) in [5.41, 5.74) is 1.35. The zero-order valence-corrected chi connectivity index (χ0v) is 14.7. The van der Waals surface area contributed by atoms with Crippen LogP contribution in [0, 0.1) is 10.1 Å². The number of amides is 1. The summed E-state index contributed by atoms with van der Waals surface area (Å²) in [7, 11) is 0. The van der Waals surface area contributed by atoms with Gasteiger partial charge in [0.2, 0.25) is 5.89 Å². The van der Waals surface area contributed by atoms with Crippen LogP contribution in [-0.2, 0) is 4.79 Å². The molecule has 1 heterocycles. The van der Waals surface area contributed by atoms with Crippen LogP contribution in [0.15, 0.2) is 63.5 Å². The quantitative estimate of drug-likeness (QED) is 0.382. The first-order valence-electron chi connectivity index (χ1n) is 7.34. The summed E-state index contributed by atoms with van der Waals surface area (Å²) in [6.45, 7) is 0. The Morgan fingerprint density at radius 1 is 1.12 bits per heavy atom. The van der Waals surface area contributed by atoms with Crippen molar-refractivity contribution in [3.63, 3.8) is 0 Å². The molecule has 0 atom stereocenters. The van der Waals surface area contributed by atoms with E-state index >= 15 is 0 Å². The van der Waals surface area contributed by atoms with Crippen LogP contribution in [0.1, 0.15) is 5.56 Å². The molecule has 0 saturated heterocycles. The standard InChI is InChI=1S/C17H11BrN4O4/c18-13-6-4-12(5-7-13)16-20-21-17(26-16)19-15(23)10-3-11-1-8-14(9-2-11)22(24)25/h1-10H,(H,19,21,23)/b10-3+. The van der Waals surface area contributed by atoms with Crippen molar-refractivity contribution in [1.82, 2.24) is 10.2 Å². The number of aromatic nitrogens is 2. The van der Waals surface area contributed by atoms with Crippen molar-refractivity contribution in [3.8, 4) is 11.5 Å². The van der Waals surface area contributed by atoms with Crippen molar-refractivity contribution in [1.29, 1.82) is 0 Å². The lowest BCUT2D eigenvalue weighted by atomic mass is 10.2. The molecule has 3 rings (SSSR count). The first-order chi connectivity index (χ1) is 12.5. The minimum absolute atomic E-state index is 0.0158. The number of nitrogens with one attached hydrogen (secondary N) is 1. The van der Waals surface area contributed by atoms with Gasteiger partial charge in [-0.15, -0.1) is 5.10 Å². The van der Waals surface area contributed by atoms with Gasteiger partial charge in [-0.1, -0.05) is 21.0 Å². The van der Waals surface area contributed by atoms with Crippen LogP contribution in [-0.4, -0.2) is 21.0 Å². The fraction of sp³-hybridized carbons (Fsp3) is 0. The van der Waals surface area contributed by atoms with Gasteiger partial charge in [-0.3, -0.25) is 20.2 Å². The molecule has 0 unspecified atom stereocenters. The van der Waals surface area contributed by atoms with Gasteiger partial charge in [0.1, 0.15) is 0 Å². The SMILES string of the molecule is O=C(/C=C/c1ccc([N+](=O)[O-])cc1)Nc1nnc(-c2ccc(Br)cc2)o1. The number of non-ortho nitro benzene ring substituents is 1. The van der Waals surface area contributed by atoms with Crippen molar-refractivity contribution < 1.29 is 14.1 Å². The molecule has 1 aromatic heterocycles. The van der Waals surface area contributed by atoms with Gasteiger partial charge in [-0.25, -0.2) is 0 Å². The van der Waals surface area contributed by atoms with Crippen LogP contribution in [0.25, 0.3) is 17.5 Å². The lowest BCUT2D eigenvalue weighted by molar-refractivity contribution is -0.384. The normalized spacial score (nSPS) is 10.8. The lowest BCUT2D eigenvalue weighted by Crippen LogP contribution is -2.07. The number of carbonyl (C=O) groups excluding carboxylic acids is 1. The maximum absolute atomic E-state index is 11.9. The Morgan fingerprint density at radius 3 is 2.46 bits per heavy atom. The highest BCUT2D eigenvalue weighted by molar-refractivity contribution is 9.10. The number of anilines is 1. The average molecular weight is 415 g/mol. The molecule has 1 N–H and O–H groups in total. The molecular formula is C17H11BrN4O4. The number of nitro benzene ring substituents is 1. The van der Waals surface area contributed by atoms with E-state index in [-0.39, 0.29) is 17.6 Å². The third-order valence-corrected chi connectivity index (χ3v) is 3.81. The Bertz CT molecular complexity index is 965. The fourth-order valence-corrected chi connectivity index (χ4v) is 2.27. The van der Waals surface area contributed by atoms with E-state index < -0.39 is 10.8 Å². The molecule has 0 spiro atoms.